The molecule has 7 nitrogen and oxygen atoms in total. The standard InChI is InChI=1S/C12H20N2O5/c1-8(2)12(3-4-12)7-13-11(18)14-9(15)5-19-6-10(16)17/h8H,3-7H2,1-2H3,(H,16,17)(H2,13,14,15,18). The number of rotatable bonds is 7. The Bertz CT molecular complexity index is 363. The molecule has 1 fully saturated rings. The van der Waals surface area contributed by atoms with Gasteiger partial charge in [0.25, 0.3) is 5.91 Å². The van der Waals surface area contributed by atoms with Crippen LogP contribution in [0, 0.1) is 11.3 Å². The molecule has 1 aliphatic rings. The number of ether oxygens (including phenoxy) is 1. The molecule has 0 heterocycles. The molecular formula is C12H20N2O5. The molecule has 0 unspecified atom stereocenters. The van der Waals surface area contributed by atoms with Crippen LogP contribution in [-0.4, -0.2) is 42.8 Å². The van der Waals surface area contributed by atoms with Gasteiger partial charge in [-0.2, -0.15) is 0 Å². The Morgan fingerprint density at radius 2 is 1.89 bits per heavy atom. The second kappa shape index (κ2) is 6.51. The average molecular weight is 272 g/mol. The van der Waals surface area contributed by atoms with Crippen LogP contribution < -0.4 is 10.6 Å². The zero-order chi connectivity index (χ0) is 14.5. The molecule has 108 valence electrons. The molecule has 0 aliphatic heterocycles. The number of nitrogens with one attached hydrogen (secondary N) is 2. The summed E-state index contributed by atoms with van der Waals surface area (Å²) in [6, 6.07) is -0.573. The molecule has 0 spiro atoms. The molecule has 3 N–H and O–H groups in total. The number of carbonyl (C=O) groups is 3. The quantitative estimate of drug-likeness (QED) is 0.620. The zero-order valence-electron chi connectivity index (χ0n) is 11.2. The number of carboxylic acids is 1. The van der Waals surface area contributed by atoms with Gasteiger partial charge in [-0.15, -0.1) is 0 Å². The maximum atomic E-state index is 11.4. The maximum Gasteiger partial charge on any atom is 0.329 e. The van der Waals surface area contributed by atoms with Gasteiger partial charge in [0.1, 0.15) is 13.2 Å². The van der Waals surface area contributed by atoms with Gasteiger partial charge in [-0.05, 0) is 24.2 Å². The third kappa shape index (κ3) is 5.25. The van der Waals surface area contributed by atoms with E-state index in [9.17, 15) is 14.4 Å². The smallest absolute Gasteiger partial charge is 0.329 e. The lowest BCUT2D eigenvalue weighted by Crippen LogP contribution is -2.44. The molecule has 0 radical (unpaired) electrons. The molecule has 1 rings (SSSR count). The Morgan fingerprint density at radius 1 is 1.26 bits per heavy atom. The Kier molecular flexibility index (Phi) is 5.29. The van der Waals surface area contributed by atoms with Gasteiger partial charge >= 0.3 is 12.0 Å². The summed E-state index contributed by atoms with van der Waals surface area (Å²) in [5.41, 5.74) is 0.167. The van der Waals surface area contributed by atoms with E-state index >= 15 is 0 Å². The number of carbonyl (C=O) groups excluding carboxylic acids is 2. The van der Waals surface area contributed by atoms with Crippen molar-refractivity contribution in [2.45, 2.75) is 26.7 Å². The van der Waals surface area contributed by atoms with E-state index in [1.165, 1.54) is 0 Å². The molecule has 0 bridgehead atoms. The van der Waals surface area contributed by atoms with E-state index in [1.807, 2.05) is 0 Å². The van der Waals surface area contributed by atoms with Crippen LogP contribution in [-0.2, 0) is 14.3 Å². The van der Waals surface area contributed by atoms with E-state index in [-0.39, 0.29) is 5.41 Å². The van der Waals surface area contributed by atoms with Gasteiger partial charge < -0.3 is 15.2 Å². The van der Waals surface area contributed by atoms with Crippen molar-refractivity contribution in [2.24, 2.45) is 11.3 Å². The summed E-state index contributed by atoms with van der Waals surface area (Å²) in [5, 5.41) is 13.0. The molecule has 1 saturated carbocycles. The predicted molar refractivity (Wildman–Crippen MR) is 66.5 cm³/mol. The monoisotopic (exact) mass is 272 g/mol. The highest BCUT2D eigenvalue weighted by molar-refractivity contribution is 5.94. The Hall–Kier alpha value is -1.63. The van der Waals surface area contributed by atoms with Gasteiger partial charge in [0.15, 0.2) is 0 Å². The summed E-state index contributed by atoms with van der Waals surface area (Å²) >= 11 is 0. The highest BCUT2D eigenvalue weighted by atomic mass is 16.5. The summed E-state index contributed by atoms with van der Waals surface area (Å²) in [5.74, 6) is -1.33. The van der Waals surface area contributed by atoms with Crippen LogP contribution in [0.3, 0.4) is 0 Å². The van der Waals surface area contributed by atoms with Crippen molar-refractivity contribution in [3.8, 4) is 0 Å². The van der Waals surface area contributed by atoms with Gasteiger partial charge in [0.2, 0.25) is 0 Å². The van der Waals surface area contributed by atoms with Crippen molar-refractivity contribution in [1.29, 1.82) is 0 Å². The van der Waals surface area contributed by atoms with Crippen LogP contribution in [0.15, 0.2) is 0 Å². The van der Waals surface area contributed by atoms with Gasteiger partial charge in [0, 0.05) is 6.54 Å². The Morgan fingerprint density at radius 3 is 2.37 bits per heavy atom. The minimum absolute atomic E-state index is 0.167. The number of hydrogen-bond donors (Lipinski definition) is 3. The van der Waals surface area contributed by atoms with Gasteiger partial charge in [0.05, 0.1) is 0 Å². The highest BCUT2D eigenvalue weighted by Gasteiger charge is 2.45. The maximum absolute atomic E-state index is 11.4. The first-order valence-electron chi connectivity index (χ1n) is 6.23. The van der Waals surface area contributed by atoms with Crippen LogP contribution in [0.25, 0.3) is 0 Å². The zero-order valence-corrected chi connectivity index (χ0v) is 11.2. The first-order chi connectivity index (χ1) is 8.85. The summed E-state index contributed by atoms with van der Waals surface area (Å²) in [6.07, 6.45) is 2.17. The van der Waals surface area contributed by atoms with Crippen molar-refractivity contribution in [2.75, 3.05) is 19.8 Å². The molecule has 0 atom stereocenters. The second-order valence-corrected chi connectivity index (χ2v) is 5.13. The van der Waals surface area contributed by atoms with Crippen LogP contribution in [0.4, 0.5) is 4.79 Å². The first-order valence-corrected chi connectivity index (χ1v) is 6.23. The van der Waals surface area contributed by atoms with Gasteiger partial charge in [-0.3, -0.25) is 10.1 Å². The molecule has 0 saturated heterocycles. The lowest BCUT2D eigenvalue weighted by molar-refractivity contribution is -0.143. The van der Waals surface area contributed by atoms with E-state index in [0.717, 1.165) is 12.8 Å². The number of amides is 3. The summed E-state index contributed by atoms with van der Waals surface area (Å²) in [4.78, 5) is 32.8. The third-order valence-corrected chi connectivity index (χ3v) is 3.43. The van der Waals surface area contributed by atoms with Gasteiger partial charge in [-0.1, -0.05) is 13.8 Å². The predicted octanol–water partition coefficient (Wildman–Crippen LogP) is 0.350. The van der Waals surface area contributed by atoms with Crippen LogP contribution in [0.5, 0.6) is 0 Å². The SMILES string of the molecule is CC(C)C1(CNC(=O)NC(=O)COCC(=O)O)CC1. The Labute approximate surface area is 111 Å². The molecule has 0 aromatic rings. The van der Waals surface area contributed by atoms with E-state index in [0.29, 0.717) is 12.5 Å². The van der Waals surface area contributed by atoms with Crippen LogP contribution in [0.2, 0.25) is 0 Å². The fourth-order valence-electron chi connectivity index (χ4n) is 1.81. The number of urea groups is 1. The van der Waals surface area contributed by atoms with E-state index in [4.69, 9.17) is 5.11 Å². The molecule has 0 aromatic carbocycles. The van der Waals surface area contributed by atoms with Crippen LogP contribution in [0.1, 0.15) is 26.7 Å². The minimum atomic E-state index is -1.16. The number of carboxylic acid groups (broad SMARTS) is 1. The lowest BCUT2D eigenvalue weighted by Gasteiger charge is -2.19. The normalized spacial score (nSPS) is 15.9. The second-order valence-electron chi connectivity index (χ2n) is 5.13. The van der Waals surface area contributed by atoms with Crippen molar-refractivity contribution in [1.82, 2.24) is 10.6 Å². The number of aliphatic carboxylic acids is 1. The highest BCUT2D eigenvalue weighted by Crippen LogP contribution is 2.51. The molecule has 3 amide bonds. The van der Waals surface area contributed by atoms with E-state index < -0.39 is 31.1 Å². The van der Waals surface area contributed by atoms with Crippen molar-refractivity contribution >= 4 is 17.9 Å². The van der Waals surface area contributed by atoms with Crippen LogP contribution >= 0.6 is 0 Å². The molecule has 7 heteroatoms. The lowest BCUT2D eigenvalue weighted by atomic mass is 9.92. The number of imide groups is 1. The fourth-order valence-corrected chi connectivity index (χ4v) is 1.81. The fraction of sp³-hybridized carbons (Fsp3) is 0.750. The summed E-state index contributed by atoms with van der Waals surface area (Å²) in [6.45, 7) is 3.75. The number of hydrogen-bond acceptors (Lipinski definition) is 4. The molecule has 19 heavy (non-hydrogen) atoms. The molecule has 1 aliphatic carbocycles. The largest absolute Gasteiger partial charge is 0.480 e. The average Bonchev–Trinajstić information content (AvgIpc) is 3.06. The third-order valence-electron chi connectivity index (χ3n) is 3.43. The van der Waals surface area contributed by atoms with Crippen molar-refractivity contribution in [3.63, 3.8) is 0 Å². The minimum Gasteiger partial charge on any atom is -0.480 e. The summed E-state index contributed by atoms with van der Waals surface area (Å²) in [7, 11) is 0. The molecule has 0 aromatic heterocycles. The van der Waals surface area contributed by atoms with E-state index in [2.05, 4.69) is 29.2 Å². The molecular weight excluding hydrogens is 252 g/mol. The van der Waals surface area contributed by atoms with Crippen molar-refractivity contribution in [3.05, 3.63) is 0 Å². The summed E-state index contributed by atoms with van der Waals surface area (Å²) < 4.78 is 4.56. The van der Waals surface area contributed by atoms with Crippen molar-refractivity contribution < 1.29 is 24.2 Å². The Balaban J connectivity index is 2.17. The van der Waals surface area contributed by atoms with Gasteiger partial charge in [-0.25, -0.2) is 9.59 Å². The van der Waals surface area contributed by atoms with E-state index in [1.54, 1.807) is 0 Å². The first kappa shape index (κ1) is 15.4. The topological polar surface area (TPSA) is 105 Å².